The van der Waals surface area contributed by atoms with E-state index in [4.69, 9.17) is 9.15 Å². The van der Waals surface area contributed by atoms with E-state index in [-0.39, 0.29) is 17.1 Å². The molecule has 0 spiro atoms. The molecule has 6 heteroatoms. The smallest absolute Gasteiger partial charge is 0.290 e. The summed E-state index contributed by atoms with van der Waals surface area (Å²) in [4.78, 5) is 30.2. The molecular weight excluding hydrogens is 356 g/mol. The molecule has 1 aliphatic rings. The van der Waals surface area contributed by atoms with Gasteiger partial charge in [-0.15, -0.1) is 0 Å². The van der Waals surface area contributed by atoms with E-state index in [1.54, 1.807) is 36.3 Å². The minimum absolute atomic E-state index is 0.142. The quantitative estimate of drug-likeness (QED) is 0.683. The highest BCUT2D eigenvalue weighted by Gasteiger charge is 2.42. The number of hydrogen-bond donors (Lipinski definition) is 0. The molecule has 1 atom stereocenters. The molecule has 0 aliphatic carbocycles. The van der Waals surface area contributed by atoms with Gasteiger partial charge in [0.15, 0.2) is 5.43 Å². The van der Waals surface area contributed by atoms with Crippen LogP contribution in [-0.2, 0) is 0 Å². The van der Waals surface area contributed by atoms with E-state index in [9.17, 15) is 9.59 Å². The zero-order valence-electron chi connectivity index (χ0n) is 16.1. The lowest BCUT2D eigenvalue weighted by Gasteiger charge is -2.26. The number of carbonyl (C=O) groups excluding carboxylic acids is 1. The number of hydrogen-bond acceptors (Lipinski definition) is 5. The minimum atomic E-state index is -0.478. The maximum Gasteiger partial charge on any atom is 0.290 e. The largest absolute Gasteiger partial charge is 0.497 e. The summed E-state index contributed by atoms with van der Waals surface area (Å²) in [5.74, 6) is 0.613. The number of ether oxygens (including phenoxy) is 1. The summed E-state index contributed by atoms with van der Waals surface area (Å²) in [6, 6.07) is 14.0. The van der Waals surface area contributed by atoms with E-state index in [1.165, 1.54) is 0 Å². The molecule has 0 unspecified atom stereocenters. The van der Waals surface area contributed by atoms with Gasteiger partial charge < -0.3 is 19.0 Å². The third-order valence-corrected chi connectivity index (χ3v) is 5.09. The highest BCUT2D eigenvalue weighted by molar-refractivity contribution is 5.99. The summed E-state index contributed by atoms with van der Waals surface area (Å²) in [7, 11) is 5.51. The third-order valence-electron chi connectivity index (χ3n) is 5.09. The maximum absolute atomic E-state index is 13.3. The number of fused-ring (bicyclic) bond motifs is 2. The Balaban J connectivity index is 1.90. The number of likely N-dealkylation sites (N-methyl/N-ethyl adjacent to an activating group) is 1. The standard InChI is InChI=1S/C22H22N2O4/c1-23(2)12-13-24-19(14-8-10-15(27-3)11-9-14)18-20(25)16-6-4-5-7-17(16)28-21(18)22(24)26/h4-11,19H,12-13H2,1-3H3/t19-/m0/s1. The number of nitrogens with zero attached hydrogens (tertiary/aromatic N) is 2. The molecule has 0 radical (unpaired) electrons. The Morgan fingerprint density at radius 1 is 1.07 bits per heavy atom. The topological polar surface area (TPSA) is 63.0 Å². The molecule has 28 heavy (non-hydrogen) atoms. The first kappa shape index (κ1) is 18.3. The van der Waals surface area contributed by atoms with Gasteiger partial charge in [0.2, 0.25) is 5.76 Å². The van der Waals surface area contributed by atoms with Crippen LogP contribution in [0.25, 0.3) is 11.0 Å². The van der Waals surface area contributed by atoms with Gasteiger partial charge in [-0.25, -0.2) is 0 Å². The van der Waals surface area contributed by atoms with E-state index in [1.807, 2.05) is 43.3 Å². The highest BCUT2D eigenvalue weighted by atomic mass is 16.5. The Kier molecular flexibility index (Phi) is 4.65. The molecule has 0 saturated heterocycles. The molecule has 0 saturated carbocycles. The lowest BCUT2D eigenvalue weighted by molar-refractivity contribution is 0.0716. The van der Waals surface area contributed by atoms with Crippen LogP contribution in [-0.4, -0.2) is 50.0 Å². The zero-order valence-corrected chi connectivity index (χ0v) is 16.1. The highest BCUT2D eigenvalue weighted by Crippen LogP contribution is 2.38. The molecule has 4 rings (SSSR count). The monoisotopic (exact) mass is 378 g/mol. The van der Waals surface area contributed by atoms with Crippen LogP contribution in [0.15, 0.2) is 57.7 Å². The third kappa shape index (κ3) is 2.96. The number of methoxy groups -OCH3 is 1. The summed E-state index contributed by atoms with van der Waals surface area (Å²) in [5, 5.41) is 0.488. The second-order valence-corrected chi connectivity index (χ2v) is 7.15. The molecule has 1 aromatic heterocycles. The molecule has 1 amide bonds. The van der Waals surface area contributed by atoms with Gasteiger partial charge in [-0.1, -0.05) is 24.3 Å². The lowest BCUT2D eigenvalue weighted by Crippen LogP contribution is -2.35. The van der Waals surface area contributed by atoms with Gasteiger partial charge in [0.1, 0.15) is 11.3 Å². The molecule has 1 aliphatic heterocycles. The average Bonchev–Trinajstić information content (AvgIpc) is 2.99. The van der Waals surface area contributed by atoms with E-state index >= 15 is 0 Å². The van der Waals surface area contributed by atoms with Crippen molar-refractivity contribution in [2.75, 3.05) is 34.3 Å². The summed E-state index contributed by atoms with van der Waals surface area (Å²) in [6.45, 7) is 1.17. The van der Waals surface area contributed by atoms with Gasteiger partial charge in [0, 0.05) is 13.1 Å². The van der Waals surface area contributed by atoms with Gasteiger partial charge in [0.25, 0.3) is 5.91 Å². The fourth-order valence-corrected chi connectivity index (χ4v) is 3.64. The van der Waals surface area contributed by atoms with E-state index in [0.29, 0.717) is 29.6 Å². The summed E-state index contributed by atoms with van der Waals surface area (Å²) in [6.07, 6.45) is 0. The number of carbonyl (C=O) groups is 1. The number of rotatable bonds is 5. The second kappa shape index (κ2) is 7.13. The number of para-hydroxylation sites is 1. The van der Waals surface area contributed by atoms with Crippen molar-refractivity contribution in [1.29, 1.82) is 0 Å². The van der Waals surface area contributed by atoms with Crippen LogP contribution in [0, 0.1) is 0 Å². The van der Waals surface area contributed by atoms with Crippen molar-refractivity contribution in [2.45, 2.75) is 6.04 Å². The van der Waals surface area contributed by atoms with E-state index in [2.05, 4.69) is 0 Å². The fourth-order valence-electron chi connectivity index (χ4n) is 3.64. The summed E-state index contributed by atoms with van der Waals surface area (Å²) in [5.41, 5.74) is 1.54. The summed E-state index contributed by atoms with van der Waals surface area (Å²) < 4.78 is 11.1. The van der Waals surface area contributed by atoms with Crippen molar-refractivity contribution in [3.8, 4) is 5.75 Å². The fraction of sp³-hybridized carbons (Fsp3) is 0.273. The Morgan fingerprint density at radius 3 is 2.46 bits per heavy atom. The Hall–Kier alpha value is -3.12. The van der Waals surface area contributed by atoms with E-state index in [0.717, 1.165) is 11.3 Å². The van der Waals surface area contributed by atoms with Gasteiger partial charge in [0.05, 0.1) is 24.1 Å². The van der Waals surface area contributed by atoms with Crippen LogP contribution in [0.1, 0.15) is 27.7 Å². The number of benzene rings is 2. The average molecular weight is 378 g/mol. The number of amides is 1. The van der Waals surface area contributed by atoms with Crippen molar-refractivity contribution in [3.05, 3.63) is 75.6 Å². The molecule has 2 heterocycles. The summed E-state index contributed by atoms with van der Waals surface area (Å²) >= 11 is 0. The minimum Gasteiger partial charge on any atom is -0.497 e. The van der Waals surface area contributed by atoms with Gasteiger partial charge in [-0.3, -0.25) is 9.59 Å². The van der Waals surface area contributed by atoms with Gasteiger partial charge >= 0.3 is 0 Å². The molecule has 3 aromatic rings. The van der Waals surface area contributed by atoms with Crippen LogP contribution >= 0.6 is 0 Å². The van der Waals surface area contributed by atoms with Crippen LogP contribution < -0.4 is 10.2 Å². The Labute approximate surface area is 162 Å². The van der Waals surface area contributed by atoms with Crippen molar-refractivity contribution in [3.63, 3.8) is 0 Å². The maximum atomic E-state index is 13.3. The molecule has 144 valence electrons. The predicted octanol–water partition coefficient (Wildman–Crippen LogP) is 2.91. The van der Waals surface area contributed by atoms with Gasteiger partial charge in [-0.2, -0.15) is 0 Å². The van der Waals surface area contributed by atoms with E-state index < -0.39 is 6.04 Å². The molecule has 0 bridgehead atoms. The van der Waals surface area contributed by atoms with Crippen molar-refractivity contribution < 1.29 is 13.9 Å². The lowest BCUT2D eigenvalue weighted by atomic mass is 9.98. The Bertz CT molecular complexity index is 1090. The molecule has 0 fully saturated rings. The zero-order chi connectivity index (χ0) is 19.8. The SMILES string of the molecule is COc1ccc([C@H]2c3c(oc4ccccc4c3=O)C(=O)N2CCN(C)C)cc1. The van der Waals surface area contributed by atoms with Crippen LogP contribution in [0.3, 0.4) is 0 Å². The predicted molar refractivity (Wildman–Crippen MR) is 107 cm³/mol. The Morgan fingerprint density at radius 2 is 1.79 bits per heavy atom. The first-order chi connectivity index (χ1) is 13.5. The second-order valence-electron chi connectivity index (χ2n) is 7.15. The molecule has 6 nitrogen and oxygen atoms in total. The normalized spacial score (nSPS) is 16.1. The van der Waals surface area contributed by atoms with Crippen LogP contribution in [0.2, 0.25) is 0 Å². The molecule has 2 aromatic carbocycles. The molecule has 0 N–H and O–H groups in total. The van der Waals surface area contributed by atoms with Crippen molar-refractivity contribution in [2.24, 2.45) is 0 Å². The van der Waals surface area contributed by atoms with Crippen molar-refractivity contribution in [1.82, 2.24) is 9.80 Å². The van der Waals surface area contributed by atoms with Crippen LogP contribution in [0.5, 0.6) is 5.75 Å². The first-order valence-corrected chi connectivity index (χ1v) is 9.16. The first-order valence-electron chi connectivity index (χ1n) is 9.16. The van der Waals surface area contributed by atoms with Gasteiger partial charge in [-0.05, 0) is 43.9 Å². The molecular formula is C22H22N2O4. The van der Waals surface area contributed by atoms with Crippen molar-refractivity contribution >= 4 is 16.9 Å². The van der Waals surface area contributed by atoms with Crippen LogP contribution in [0.4, 0.5) is 0 Å².